The minimum atomic E-state index is -0.374. The van der Waals surface area contributed by atoms with E-state index in [0.717, 1.165) is 5.56 Å². The van der Waals surface area contributed by atoms with Crippen LogP contribution in [0.3, 0.4) is 0 Å². The maximum Gasteiger partial charge on any atom is 0.172 e. The van der Waals surface area contributed by atoms with E-state index >= 15 is 0 Å². The molecule has 0 aliphatic carbocycles. The van der Waals surface area contributed by atoms with Crippen LogP contribution in [0.1, 0.15) is 12.5 Å². The first-order valence-corrected chi connectivity index (χ1v) is 3.96. The van der Waals surface area contributed by atoms with Crippen molar-refractivity contribution in [1.82, 2.24) is 0 Å². The van der Waals surface area contributed by atoms with Gasteiger partial charge in [0.25, 0.3) is 0 Å². The van der Waals surface area contributed by atoms with Gasteiger partial charge in [0.1, 0.15) is 0 Å². The lowest BCUT2D eigenvalue weighted by Crippen LogP contribution is -2.12. The third-order valence-electron chi connectivity index (χ3n) is 2.04. The van der Waals surface area contributed by atoms with Crippen molar-refractivity contribution in [2.24, 2.45) is 9.98 Å². The molecule has 0 amide bonds. The van der Waals surface area contributed by atoms with E-state index in [2.05, 4.69) is 9.98 Å². The average molecular weight is 195 g/mol. The van der Waals surface area contributed by atoms with Gasteiger partial charge in [-0.15, -0.1) is 12.4 Å². The highest BCUT2D eigenvalue weighted by atomic mass is 35.5. The van der Waals surface area contributed by atoms with E-state index in [-0.39, 0.29) is 18.1 Å². The molecule has 3 heteroatoms. The molecule has 1 heterocycles. The first-order chi connectivity index (χ1) is 5.81. The smallest absolute Gasteiger partial charge is 0.172 e. The highest BCUT2D eigenvalue weighted by molar-refractivity contribution is 6.17. The van der Waals surface area contributed by atoms with Crippen molar-refractivity contribution in [3.63, 3.8) is 0 Å². The number of rotatable bonds is 1. The summed E-state index contributed by atoms with van der Waals surface area (Å²) in [5.41, 5.74) is 0.761. The lowest BCUT2D eigenvalue weighted by atomic mass is 10.0. The van der Waals surface area contributed by atoms with Crippen LogP contribution in [0.2, 0.25) is 0 Å². The van der Waals surface area contributed by atoms with Gasteiger partial charge in [-0.3, -0.25) is 9.98 Å². The van der Waals surface area contributed by atoms with Crippen molar-refractivity contribution in [3.05, 3.63) is 35.9 Å². The van der Waals surface area contributed by atoms with Crippen LogP contribution in [0.15, 0.2) is 40.3 Å². The van der Waals surface area contributed by atoms with Crippen LogP contribution in [0.25, 0.3) is 0 Å². The molecular formula is C10H11ClN2. The molecule has 0 spiro atoms. The summed E-state index contributed by atoms with van der Waals surface area (Å²) in [6.07, 6.45) is 3.49. The molecule has 0 saturated carbocycles. The van der Waals surface area contributed by atoms with Gasteiger partial charge in [0.2, 0.25) is 0 Å². The van der Waals surface area contributed by atoms with Gasteiger partial charge in [0.05, 0.1) is 0 Å². The fourth-order valence-electron chi connectivity index (χ4n) is 1.29. The Balaban J connectivity index is 0.000000845. The number of hydrogen-bond donors (Lipinski definition) is 0. The second-order valence-electron chi connectivity index (χ2n) is 2.94. The summed E-state index contributed by atoms with van der Waals surface area (Å²) in [5.74, 6) is 0. The van der Waals surface area contributed by atoms with Gasteiger partial charge >= 0.3 is 0 Å². The summed E-state index contributed by atoms with van der Waals surface area (Å²) in [5, 5.41) is 0. The molecule has 68 valence electrons. The molecule has 13 heavy (non-hydrogen) atoms. The lowest BCUT2D eigenvalue weighted by molar-refractivity contribution is 0.543. The van der Waals surface area contributed by atoms with Crippen molar-refractivity contribution in [2.45, 2.75) is 12.6 Å². The Morgan fingerprint density at radius 1 is 1.00 bits per heavy atom. The Morgan fingerprint density at radius 2 is 1.54 bits per heavy atom. The van der Waals surface area contributed by atoms with Gasteiger partial charge < -0.3 is 0 Å². The van der Waals surface area contributed by atoms with E-state index < -0.39 is 0 Å². The van der Waals surface area contributed by atoms with E-state index in [0.29, 0.717) is 0 Å². The van der Waals surface area contributed by atoms with Crippen LogP contribution >= 0.6 is 12.4 Å². The van der Waals surface area contributed by atoms with Gasteiger partial charge in [-0.05, 0) is 6.92 Å². The molecule has 0 aromatic heterocycles. The molecular weight excluding hydrogens is 184 g/mol. The highest BCUT2D eigenvalue weighted by Gasteiger charge is 2.24. The number of benzene rings is 1. The predicted octanol–water partition coefficient (Wildman–Crippen LogP) is 2.44. The van der Waals surface area contributed by atoms with E-state index in [4.69, 9.17) is 0 Å². The minimum Gasteiger partial charge on any atom is -0.258 e. The summed E-state index contributed by atoms with van der Waals surface area (Å²) in [6, 6.07) is 10.1. The molecule has 0 radical (unpaired) electrons. The summed E-state index contributed by atoms with van der Waals surface area (Å²) < 4.78 is 0. The van der Waals surface area contributed by atoms with E-state index in [1.807, 2.05) is 37.3 Å². The summed E-state index contributed by atoms with van der Waals surface area (Å²) in [6.45, 7) is 2.00. The van der Waals surface area contributed by atoms with Crippen LogP contribution in [0.5, 0.6) is 0 Å². The third-order valence-corrected chi connectivity index (χ3v) is 2.04. The fraction of sp³-hybridized carbons (Fsp3) is 0.200. The van der Waals surface area contributed by atoms with Crippen LogP contribution < -0.4 is 0 Å². The van der Waals surface area contributed by atoms with Crippen molar-refractivity contribution < 1.29 is 0 Å². The number of halogens is 1. The first kappa shape index (κ1) is 9.93. The number of aliphatic imine (C=N–C) groups is 2. The SMILES string of the molecule is CC1(c2ccccc2)N=CC=N1.Cl. The van der Waals surface area contributed by atoms with Crippen molar-refractivity contribution in [1.29, 1.82) is 0 Å². The molecule has 2 rings (SSSR count). The molecule has 1 aliphatic rings. The Morgan fingerprint density at radius 3 is 2.08 bits per heavy atom. The maximum absolute atomic E-state index is 4.29. The summed E-state index contributed by atoms with van der Waals surface area (Å²) in [4.78, 5) is 8.58. The van der Waals surface area contributed by atoms with Gasteiger partial charge in [-0.25, -0.2) is 0 Å². The minimum absolute atomic E-state index is 0. The molecule has 0 saturated heterocycles. The summed E-state index contributed by atoms with van der Waals surface area (Å²) >= 11 is 0. The van der Waals surface area contributed by atoms with Crippen molar-refractivity contribution in [3.8, 4) is 0 Å². The largest absolute Gasteiger partial charge is 0.258 e. The molecule has 0 fully saturated rings. The van der Waals surface area contributed by atoms with Crippen LogP contribution in [-0.4, -0.2) is 12.4 Å². The zero-order valence-corrected chi connectivity index (χ0v) is 8.16. The standard InChI is InChI=1S/C10H10N2.ClH/c1-10(11-7-8-12-10)9-5-3-2-4-6-9;/h2-8H,1H3;1H. The zero-order valence-electron chi connectivity index (χ0n) is 7.34. The topological polar surface area (TPSA) is 24.7 Å². The molecule has 0 N–H and O–H groups in total. The second kappa shape index (κ2) is 3.71. The van der Waals surface area contributed by atoms with Gasteiger partial charge in [0.15, 0.2) is 5.66 Å². The van der Waals surface area contributed by atoms with E-state index in [9.17, 15) is 0 Å². The quantitative estimate of drug-likeness (QED) is 0.656. The Bertz CT molecular complexity index is 318. The molecule has 0 bridgehead atoms. The number of nitrogens with zero attached hydrogens (tertiary/aromatic N) is 2. The van der Waals surface area contributed by atoms with Crippen LogP contribution in [-0.2, 0) is 5.66 Å². The van der Waals surface area contributed by atoms with Gasteiger partial charge in [-0.1, -0.05) is 30.3 Å². The molecule has 0 atom stereocenters. The Labute approximate surface area is 83.8 Å². The average Bonchev–Trinajstić information content (AvgIpc) is 2.55. The normalized spacial score (nSPS) is 17.0. The monoisotopic (exact) mass is 194 g/mol. The van der Waals surface area contributed by atoms with Crippen LogP contribution in [0.4, 0.5) is 0 Å². The van der Waals surface area contributed by atoms with E-state index in [1.54, 1.807) is 12.4 Å². The summed E-state index contributed by atoms with van der Waals surface area (Å²) in [7, 11) is 0. The number of hydrogen-bond acceptors (Lipinski definition) is 2. The Hall–Kier alpha value is -1.15. The third kappa shape index (κ3) is 1.78. The fourth-order valence-corrected chi connectivity index (χ4v) is 1.29. The van der Waals surface area contributed by atoms with Gasteiger partial charge in [-0.2, -0.15) is 0 Å². The van der Waals surface area contributed by atoms with Crippen molar-refractivity contribution >= 4 is 24.8 Å². The Kier molecular flexibility index (Phi) is 2.83. The zero-order chi connectivity index (χ0) is 8.44. The first-order valence-electron chi connectivity index (χ1n) is 3.96. The molecule has 1 aliphatic heterocycles. The molecule has 2 nitrogen and oxygen atoms in total. The van der Waals surface area contributed by atoms with E-state index in [1.165, 1.54) is 0 Å². The lowest BCUT2D eigenvalue weighted by Gasteiger charge is -2.17. The molecule has 0 unspecified atom stereocenters. The predicted molar refractivity (Wildman–Crippen MR) is 58.0 cm³/mol. The maximum atomic E-state index is 4.29. The van der Waals surface area contributed by atoms with Gasteiger partial charge in [0, 0.05) is 18.0 Å². The highest BCUT2D eigenvalue weighted by Crippen LogP contribution is 2.27. The van der Waals surface area contributed by atoms with Crippen molar-refractivity contribution in [2.75, 3.05) is 0 Å². The molecule has 1 aromatic rings. The second-order valence-corrected chi connectivity index (χ2v) is 2.94. The van der Waals surface area contributed by atoms with Crippen LogP contribution in [0, 0.1) is 0 Å². The molecule has 1 aromatic carbocycles.